The number of hydrogen-bond acceptors (Lipinski definition) is 7. The second-order valence-electron chi connectivity index (χ2n) is 9.49. The molecular weight excluding hydrogens is 410 g/mol. The summed E-state index contributed by atoms with van der Waals surface area (Å²) in [4.78, 5) is 16.1. The number of rotatable bonds is 12. The minimum absolute atomic E-state index is 0.342. The van der Waals surface area contributed by atoms with E-state index in [1.807, 2.05) is 6.20 Å². The van der Waals surface area contributed by atoms with Gasteiger partial charge in [0.25, 0.3) is 0 Å². The van der Waals surface area contributed by atoms with Crippen LogP contribution >= 0.6 is 0 Å². The lowest BCUT2D eigenvalue weighted by Crippen LogP contribution is -2.46. The molecule has 0 amide bonds. The summed E-state index contributed by atoms with van der Waals surface area (Å²) in [7, 11) is 2.18. The van der Waals surface area contributed by atoms with E-state index >= 15 is 0 Å². The van der Waals surface area contributed by atoms with E-state index < -0.39 is 0 Å². The molecule has 0 unspecified atom stereocenters. The summed E-state index contributed by atoms with van der Waals surface area (Å²) in [5.41, 5.74) is 9.69. The van der Waals surface area contributed by atoms with Gasteiger partial charge in [0.2, 0.25) is 5.95 Å². The maximum Gasteiger partial charge on any atom is 0.221 e. The number of nitrogens with one attached hydrogen (secondary N) is 1. The molecule has 33 heavy (non-hydrogen) atoms. The zero-order valence-corrected chi connectivity index (χ0v) is 21.1. The number of hydrogen-bond donors (Lipinski definition) is 2. The third-order valence-electron chi connectivity index (χ3n) is 6.61. The molecule has 0 bridgehead atoms. The average molecular weight is 454 g/mol. The van der Waals surface area contributed by atoms with Crippen LogP contribution in [0.1, 0.15) is 51.2 Å². The zero-order chi connectivity index (χ0) is 23.6. The summed E-state index contributed by atoms with van der Waals surface area (Å²) in [6.45, 7) is 14.1. The van der Waals surface area contributed by atoms with Crippen molar-refractivity contribution in [3.8, 4) is 0 Å². The molecule has 3 rings (SSSR count). The highest BCUT2D eigenvalue weighted by atomic mass is 15.3. The molecule has 3 N–H and O–H groups in total. The molecule has 0 aliphatic carbocycles. The lowest BCUT2D eigenvalue weighted by Gasteiger charge is -2.36. The Hall–Kier alpha value is -2.38. The fraction of sp³-hybridized carbons (Fsp3) is 0.615. The van der Waals surface area contributed by atoms with E-state index in [4.69, 9.17) is 5.73 Å². The summed E-state index contributed by atoms with van der Waals surface area (Å²) in [5.74, 6) is 1.25. The standard InChI is InChI=1S/C26H43N7/c1-5-6-13-28-25-23(19-29-26(27)30-25)8-7-14-32-15-17-33(18-16-32)24-11-9-22(10-12-24)20-31(4)21(2)3/h9-12,19,21H,5-8,13-18,20H2,1-4H3,(H3,27,28,29,30). The second kappa shape index (κ2) is 12.8. The van der Waals surface area contributed by atoms with Gasteiger partial charge in [-0.15, -0.1) is 0 Å². The van der Waals surface area contributed by atoms with Crippen LogP contribution in [0.25, 0.3) is 0 Å². The van der Waals surface area contributed by atoms with Crippen molar-refractivity contribution in [3.63, 3.8) is 0 Å². The highest BCUT2D eigenvalue weighted by Gasteiger charge is 2.17. The first kappa shape index (κ1) is 25.2. The van der Waals surface area contributed by atoms with E-state index in [0.717, 1.165) is 77.3 Å². The van der Waals surface area contributed by atoms with Crippen LogP contribution in [0.4, 0.5) is 17.5 Å². The number of unbranched alkanes of at least 4 members (excludes halogenated alkanes) is 1. The molecule has 1 aliphatic heterocycles. The number of aryl methyl sites for hydroxylation is 1. The molecule has 0 spiro atoms. The summed E-state index contributed by atoms with van der Waals surface area (Å²) in [5, 5.41) is 3.43. The summed E-state index contributed by atoms with van der Waals surface area (Å²) in [6, 6.07) is 9.69. The first-order valence-corrected chi connectivity index (χ1v) is 12.6. The Labute approximate surface area is 200 Å². The summed E-state index contributed by atoms with van der Waals surface area (Å²) >= 11 is 0. The quantitative estimate of drug-likeness (QED) is 0.473. The molecular formula is C26H43N7. The van der Waals surface area contributed by atoms with E-state index in [1.54, 1.807) is 0 Å². The van der Waals surface area contributed by atoms with E-state index in [1.165, 1.54) is 16.8 Å². The number of nitrogens with zero attached hydrogens (tertiary/aromatic N) is 5. The van der Waals surface area contributed by atoms with Gasteiger partial charge in [-0.25, -0.2) is 4.98 Å². The van der Waals surface area contributed by atoms with Crippen LogP contribution < -0.4 is 16.0 Å². The predicted octanol–water partition coefficient (Wildman–Crippen LogP) is 3.87. The van der Waals surface area contributed by atoms with Gasteiger partial charge in [-0.3, -0.25) is 9.80 Å². The first-order chi connectivity index (χ1) is 16.0. The molecule has 1 aliphatic rings. The Kier molecular flexibility index (Phi) is 9.76. The number of nitrogen functional groups attached to an aromatic ring is 1. The Morgan fingerprint density at radius 1 is 1.09 bits per heavy atom. The van der Waals surface area contributed by atoms with Gasteiger partial charge < -0.3 is 16.0 Å². The van der Waals surface area contributed by atoms with Crippen LogP contribution in [0, 0.1) is 0 Å². The second-order valence-corrected chi connectivity index (χ2v) is 9.49. The predicted molar refractivity (Wildman–Crippen MR) is 140 cm³/mol. The average Bonchev–Trinajstić information content (AvgIpc) is 2.81. The van der Waals surface area contributed by atoms with Crippen molar-refractivity contribution in [2.24, 2.45) is 0 Å². The first-order valence-electron chi connectivity index (χ1n) is 12.6. The van der Waals surface area contributed by atoms with Crippen molar-refractivity contribution in [1.82, 2.24) is 19.8 Å². The van der Waals surface area contributed by atoms with Gasteiger partial charge in [0, 0.05) is 62.8 Å². The van der Waals surface area contributed by atoms with Crippen LogP contribution in [-0.2, 0) is 13.0 Å². The van der Waals surface area contributed by atoms with Gasteiger partial charge in [0.1, 0.15) is 5.82 Å². The minimum Gasteiger partial charge on any atom is -0.370 e. The molecule has 182 valence electrons. The van der Waals surface area contributed by atoms with Crippen LogP contribution in [0.2, 0.25) is 0 Å². The van der Waals surface area contributed by atoms with Crippen molar-refractivity contribution < 1.29 is 0 Å². The summed E-state index contributed by atoms with van der Waals surface area (Å²) in [6.07, 6.45) is 6.26. The van der Waals surface area contributed by atoms with E-state index in [9.17, 15) is 0 Å². The molecule has 7 heteroatoms. The fourth-order valence-corrected chi connectivity index (χ4v) is 4.15. The Balaban J connectivity index is 1.42. The van der Waals surface area contributed by atoms with Gasteiger partial charge in [0.05, 0.1) is 0 Å². The third-order valence-corrected chi connectivity index (χ3v) is 6.61. The van der Waals surface area contributed by atoms with Crippen LogP contribution in [-0.4, -0.2) is 72.1 Å². The topological polar surface area (TPSA) is 73.5 Å². The van der Waals surface area contributed by atoms with Crippen molar-refractivity contribution in [2.75, 3.05) is 62.3 Å². The van der Waals surface area contributed by atoms with E-state index in [2.05, 4.69) is 82.1 Å². The lowest BCUT2D eigenvalue weighted by atomic mass is 10.1. The highest BCUT2D eigenvalue weighted by molar-refractivity contribution is 5.48. The van der Waals surface area contributed by atoms with Gasteiger partial charge in [0.15, 0.2) is 0 Å². The van der Waals surface area contributed by atoms with E-state index in [-0.39, 0.29) is 0 Å². The smallest absolute Gasteiger partial charge is 0.221 e. The number of anilines is 3. The Morgan fingerprint density at radius 2 is 1.82 bits per heavy atom. The van der Waals surface area contributed by atoms with Gasteiger partial charge in [-0.05, 0) is 64.4 Å². The highest BCUT2D eigenvalue weighted by Crippen LogP contribution is 2.19. The van der Waals surface area contributed by atoms with Crippen molar-refractivity contribution in [3.05, 3.63) is 41.6 Å². The van der Waals surface area contributed by atoms with E-state index in [0.29, 0.717) is 12.0 Å². The molecule has 0 atom stereocenters. The Bertz CT molecular complexity index is 829. The number of piperazine rings is 1. The number of nitrogens with two attached hydrogens (primary N) is 1. The maximum absolute atomic E-state index is 5.80. The van der Waals surface area contributed by atoms with Gasteiger partial charge in [-0.1, -0.05) is 25.5 Å². The molecule has 1 aromatic carbocycles. The van der Waals surface area contributed by atoms with Gasteiger partial charge in [-0.2, -0.15) is 4.98 Å². The minimum atomic E-state index is 0.342. The van der Waals surface area contributed by atoms with Crippen LogP contribution in [0.15, 0.2) is 30.5 Å². The Morgan fingerprint density at radius 3 is 2.48 bits per heavy atom. The molecule has 2 heterocycles. The number of benzene rings is 1. The fourth-order valence-electron chi connectivity index (χ4n) is 4.15. The molecule has 7 nitrogen and oxygen atoms in total. The monoisotopic (exact) mass is 453 g/mol. The molecule has 1 aromatic heterocycles. The van der Waals surface area contributed by atoms with Crippen molar-refractivity contribution >= 4 is 17.5 Å². The van der Waals surface area contributed by atoms with Crippen LogP contribution in [0.5, 0.6) is 0 Å². The molecule has 2 aromatic rings. The molecule has 1 fully saturated rings. The third kappa shape index (κ3) is 7.86. The molecule has 0 radical (unpaired) electrons. The molecule has 0 saturated carbocycles. The normalized spacial score (nSPS) is 14.9. The SMILES string of the molecule is CCCCNc1nc(N)ncc1CCCN1CCN(c2ccc(CN(C)C(C)C)cc2)CC1. The molecule has 1 saturated heterocycles. The largest absolute Gasteiger partial charge is 0.370 e. The number of aromatic nitrogens is 2. The lowest BCUT2D eigenvalue weighted by molar-refractivity contribution is 0.255. The summed E-state index contributed by atoms with van der Waals surface area (Å²) < 4.78 is 0. The van der Waals surface area contributed by atoms with Crippen LogP contribution in [0.3, 0.4) is 0 Å². The van der Waals surface area contributed by atoms with Crippen molar-refractivity contribution in [2.45, 2.75) is 59.0 Å². The zero-order valence-electron chi connectivity index (χ0n) is 21.1. The van der Waals surface area contributed by atoms with Crippen molar-refractivity contribution in [1.29, 1.82) is 0 Å². The van der Waals surface area contributed by atoms with Gasteiger partial charge >= 0.3 is 0 Å². The maximum atomic E-state index is 5.80.